The quantitative estimate of drug-likeness (QED) is 0.524. The lowest BCUT2D eigenvalue weighted by molar-refractivity contribution is -0.139. The van der Waals surface area contributed by atoms with Gasteiger partial charge in [-0.2, -0.15) is 0 Å². The fraction of sp³-hybridized carbons (Fsp3) is 0.909. The zero-order valence-corrected chi connectivity index (χ0v) is 11.8. The van der Waals surface area contributed by atoms with E-state index < -0.39 is 0 Å². The molecule has 0 aliphatic carbocycles. The molecule has 0 fully saturated rings. The van der Waals surface area contributed by atoms with Crippen LogP contribution in [-0.4, -0.2) is 42.2 Å². The van der Waals surface area contributed by atoms with Crippen molar-refractivity contribution in [3.63, 3.8) is 0 Å². The number of esters is 1. The molecule has 2 unspecified atom stereocenters. The molecule has 0 aliphatic heterocycles. The molecular formula is C11H22BrNO3. The van der Waals surface area contributed by atoms with Crippen LogP contribution in [0.15, 0.2) is 0 Å². The lowest BCUT2D eigenvalue weighted by Crippen LogP contribution is -2.37. The Bertz CT molecular complexity index is 198. The Labute approximate surface area is 106 Å². The molecule has 0 amide bonds. The maximum absolute atomic E-state index is 11.1. The number of rotatable bonds is 8. The van der Waals surface area contributed by atoms with E-state index in [2.05, 4.69) is 39.8 Å². The molecule has 5 heteroatoms. The van der Waals surface area contributed by atoms with E-state index in [-0.39, 0.29) is 16.9 Å². The molecule has 0 radical (unpaired) electrons. The van der Waals surface area contributed by atoms with Gasteiger partial charge in [0.2, 0.25) is 0 Å². The average Bonchev–Trinajstić information content (AvgIpc) is 2.29. The molecule has 0 aliphatic rings. The molecule has 0 saturated heterocycles. The molecule has 0 aromatic carbocycles. The molecular weight excluding hydrogens is 274 g/mol. The van der Waals surface area contributed by atoms with Crippen LogP contribution >= 0.6 is 15.9 Å². The number of carbonyl (C=O) groups is 1. The predicted molar refractivity (Wildman–Crippen MR) is 67.7 cm³/mol. The first-order chi connectivity index (χ1) is 7.56. The molecule has 0 spiro atoms. The van der Waals surface area contributed by atoms with E-state index in [1.807, 2.05) is 0 Å². The van der Waals surface area contributed by atoms with Gasteiger partial charge in [0.05, 0.1) is 13.2 Å². The third-order valence-corrected chi connectivity index (χ3v) is 3.42. The van der Waals surface area contributed by atoms with Crippen LogP contribution < -0.4 is 5.32 Å². The summed E-state index contributed by atoms with van der Waals surface area (Å²) in [6, 6.07) is 0. The Kier molecular flexibility index (Phi) is 8.89. The summed E-state index contributed by atoms with van der Waals surface area (Å²) in [7, 11) is 1.36. The SMILES string of the molecule is CCC(CC)C(O)CNCC(Br)C(=O)OC. The minimum Gasteiger partial charge on any atom is -0.468 e. The third kappa shape index (κ3) is 5.82. The second-order valence-corrected chi connectivity index (χ2v) is 4.90. The van der Waals surface area contributed by atoms with Gasteiger partial charge in [0.1, 0.15) is 4.83 Å². The molecule has 0 rings (SSSR count). The number of hydrogen-bond acceptors (Lipinski definition) is 4. The van der Waals surface area contributed by atoms with Crippen molar-refractivity contribution in [3.8, 4) is 0 Å². The van der Waals surface area contributed by atoms with Crippen LogP contribution in [0.2, 0.25) is 0 Å². The van der Waals surface area contributed by atoms with E-state index >= 15 is 0 Å². The molecule has 0 saturated carbocycles. The minimum atomic E-state index is -0.355. The number of hydrogen-bond donors (Lipinski definition) is 2. The molecule has 16 heavy (non-hydrogen) atoms. The number of ether oxygens (including phenoxy) is 1. The van der Waals surface area contributed by atoms with Gasteiger partial charge in [-0.15, -0.1) is 0 Å². The average molecular weight is 296 g/mol. The zero-order chi connectivity index (χ0) is 12.6. The standard InChI is InChI=1S/C11H22BrNO3/c1-4-8(5-2)10(14)7-13-6-9(12)11(15)16-3/h8-10,13-14H,4-7H2,1-3H3. The summed E-state index contributed by atoms with van der Waals surface area (Å²) >= 11 is 3.21. The minimum absolute atomic E-state index is 0.301. The molecule has 2 N–H and O–H groups in total. The van der Waals surface area contributed by atoms with Crippen molar-refractivity contribution in [2.24, 2.45) is 5.92 Å². The summed E-state index contributed by atoms with van der Waals surface area (Å²) in [6.45, 7) is 5.10. The Balaban J connectivity index is 3.76. The molecule has 0 heterocycles. The topological polar surface area (TPSA) is 58.6 Å². The van der Waals surface area contributed by atoms with Crippen molar-refractivity contribution < 1.29 is 14.6 Å². The summed E-state index contributed by atoms with van der Waals surface area (Å²) in [4.78, 5) is 10.7. The lowest BCUT2D eigenvalue weighted by Gasteiger charge is -2.20. The molecule has 2 atom stereocenters. The largest absolute Gasteiger partial charge is 0.468 e. The van der Waals surface area contributed by atoms with Gasteiger partial charge in [-0.25, -0.2) is 0 Å². The third-order valence-electron chi connectivity index (χ3n) is 2.73. The monoisotopic (exact) mass is 295 g/mol. The van der Waals surface area contributed by atoms with E-state index in [0.29, 0.717) is 19.0 Å². The van der Waals surface area contributed by atoms with Crippen LogP contribution in [0.5, 0.6) is 0 Å². The second-order valence-electron chi connectivity index (χ2n) is 3.79. The lowest BCUT2D eigenvalue weighted by atomic mass is 9.96. The smallest absolute Gasteiger partial charge is 0.320 e. The normalized spacial score (nSPS) is 14.9. The molecule has 4 nitrogen and oxygen atoms in total. The highest BCUT2D eigenvalue weighted by Gasteiger charge is 2.18. The number of carbonyl (C=O) groups excluding carboxylic acids is 1. The van der Waals surface area contributed by atoms with E-state index in [0.717, 1.165) is 12.8 Å². The van der Waals surface area contributed by atoms with Gasteiger partial charge in [-0.1, -0.05) is 42.6 Å². The fourth-order valence-corrected chi connectivity index (χ4v) is 1.98. The van der Waals surface area contributed by atoms with Crippen LogP contribution in [0, 0.1) is 5.92 Å². The first-order valence-electron chi connectivity index (χ1n) is 5.67. The van der Waals surface area contributed by atoms with Crippen LogP contribution in [0.3, 0.4) is 0 Å². The van der Waals surface area contributed by atoms with Crippen molar-refractivity contribution in [1.29, 1.82) is 0 Å². The van der Waals surface area contributed by atoms with Gasteiger partial charge < -0.3 is 15.2 Å². The summed E-state index contributed by atoms with van der Waals surface area (Å²) < 4.78 is 4.57. The zero-order valence-electron chi connectivity index (χ0n) is 10.2. The molecule has 0 aromatic heterocycles. The van der Waals surface area contributed by atoms with Gasteiger partial charge in [-0.05, 0) is 5.92 Å². The number of nitrogens with one attached hydrogen (secondary N) is 1. The number of halogens is 1. The Hall–Kier alpha value is -0.130. The van der Waals surface area contributed by atoms with E-state index in [1.165, 1.54) is 7.11 Å². The predicted octanol–water partition coefficient (Wildman–Crippen LogP) is 1.31. The van der Waals surface area contributed by atoms with Crippen molar-refractivity contribution >= 4 is 21.9 Å². The van der Waals surface area contributed by atoms with E-state index in [9.17, 15) is 9.90 Å². The van der Waals surface area contributed by atoms with Gasteiger partial charge in [0.15, 0.2) is 0 Å². The van der Waals surface area contributed by atoms with Crippen molar-refractivity contribution in [3.05, 3.63) is 0 Å². The second kappa shape index (κ2) is 8.96. The molecule has 96 valence electrons. The summed E-state index contributed by atoms with van der Waals surface area (Å²) in [5, 5.41) is 12.9. The van der Waals surface area contributed by atoms with Crippen molar-refractivity contribution in [1.82, 2.24) is 5.32 Å². The Morgan fingerprint density at radius 1 is 1.38 bits per heavy atom. The van der Waals surface area contributed by atoms with Crippen molar-refractivity contribution in [2.75, 3.05) is 20.2 Å². The molecule has 0 aromatic rings. The van der Waals surface area contributed by atoms with Crippen LogP contribution in [-0.2, 0) is 9.53 Å². The van der Waals surface area contributed by atoms with Crippen LogP contribution in [0.1, 0.15) is 26.7 Å². The first kappa shape index (κ1) is 15.9. The van der Waals surface area contributed by atoms with Gasteiger partial charge in [0.25, 0.3) is 0 Å². The molecule has 0 bridgehead atoms. The number of methoxy groups -OCH3 is 1. The first-order valence-corrected chi connectivity index (χ1v) is 6.58. The van der Waals surface area contributed by atoms with Crippen LogP contribution in [0.25, 0.3) is 0 Å². The van der Waals surface area contributed by atoms with Crippen LogP contribution in [0.4, 0.5) is 0 Å². The van der Waals surface area contributed by atoms with E-state index in [1.54, 1.807) is 0 Å². The number of alkyl halides is 1. The highest BCUT2D eigenvalue weighted by molar-refractivity contribution is 9.10. The van der Waals surface area contributed by atoms with Gasteiger partial charge in [-0.3, -0.25) is 4.79 Å². The number of aliphatic hydroxyl groups is 1. The summed E-state index contributed by atoms with van der Waals surface area (Å²) in [5.74, 6) is 0.0175. The summed E-state index contributed by atoms with van der Waals surface area (Å²) in [5.41, 5.74) is 0. The Morgan fingerprint density at radius 3 is 2.38 bits per heavy atom. The fourth-order valence-electron chi connectivity index (χ4n) is 1.57. The van der Waals surface area contributed by atoms with E-state index in [4.69, 9.17) is 0 Å². The summed E-state index contributed by atoms with van der Waals surface area (Å²) in [6.07, 6.45) is 1.58. The number of aliphatic hydroxyl groups excluding tert-OH is 1. The van der Waals surface area contributed by atoms with Gasteiger partial charge in [0, 0.05) is 13.1 Å². The van der Waals surface area contributed by atoms with Gasteiger partial charge >= 0.3 is 5.97 Å². The Morgan fingerprint density at radius 2 is 1.94 bits per heavy atom. The highest BCUT2D eigenvalue weighted by atomic mass is 79.9. The maximum atomic E-state index is 11.1. The van der Waals surface area contributed by atoms with Crippen molar-refractivity contribution in [2.45, 2.75) is 37.6 Å². The highest BCUT2D eigenvalue weighted by Crippen LogP contribution is 2.12. The maximum Gasteiger partial charge on any atom is 0.320 e.